The van der Waals surface area contributed by atoms with Crippen molar-refractivity contribution in [3.8, 4) is 5.75 Å². The van der Waals surface area contributed by atoms with E-state index in [4.69, 9.17) is 33.3 Å². The number of rotatable bonds is 6. The molecule has 30 heavy (non-hydrogen) atoms. The van der Waals surface area contributed by atoms with Gasteiger partial charge < -0.3 is 19.7 Å². The summed E-state index contributed by atoms with van der Waals surface area (Å²) >= 11 is 13.2. The number of nitrogens with zero attached hydrogens (tertiary/aromatic N) is 3. The largest absolute Gasteiger partial charge is 0.495 e. The third-order valence-electron chi connectivity index (χ3n) is 5.11. The fourth-order valence-corrected chi connectivity index (χ4v) is 5.75. The molecule has 166 valence electrons. The fraction of sp³-hybridized carbons (Fsp3) is 0.579. The van der Waals surface area contributed by atoms with Crippen molar-refractivity contribution < 1.29 is 19.5 Å². The maximum Gasteiger partial charge on any atom is 0.347 e. The first-order chi connectivity index (χ1) is 14.2. The van der Waals surface area contributed by atoms with E-state index >= 15 is 0 Å². The summed E-state index contributed by atoms with van der Waals surface area (Å²) < 4.78 is 10.7. The number of thioether (sulfide) groups is 1. The Bertz CT molecular complexity index is 792. The average Bonchev–Trinajstić information content (AvgIpc) is 2.94. The Balaban J connectivity index is 1.69. The molecular formula is C19H27ClN4O4S2. The first-order valence-electron chi connectivity index (χ1n) is 9.65. The van der Waals surface area contributed by atoms with Crippen molar-refractivity contribution in [1.82, 2.24) is 14.9 Å². The second-order valence-electron chi connectivity index (χ2n) is 7.62. The van der Waals surface area contributed by atoms with Crippen LogP contribution in [-0.4, -0.2) is 87.8 Å². The van der Waals surface area contributed by atoms with Crippen LogP contribution in [0.3, 0.4) is 0 Å². The van der Waals surface area contributed by atoms with Gasteiger partial charge >= 0.3 is 6.03 Å². The van der Waals surface area contributed by atoms with Crippen molar-refractivity contribution in [3.05, 3.63) is 23.2 Å². The van der Waals surface area contributed by atoms with E-state index in [1.165, 1.54) is 18.9 Å². The average molecular weight is 475 g/mol. The number of hydroxylamine groups is 2. The number of amides is 2. The summed E-state index contributed by atoms with van der Waals surface area (Å²) in [6.07, 6.45) is -0.607. The molecule has 2 saturated heterocycles. The highest BCUT2D eigenvalue weighted by molar-refractivity contribution is 8.24. The van der Waals surface area contributed by atoms with Gasteiger partial charge in [-0.3, -0.25) is 10.1 Å². The number of urea groups is 1. The molecule has 8 nitrogen and oxygen atoms in total. The molecule has 0 spiro atoms. The Hall–Kier alpha value is -1.30. The van der Waals surface area contributed by atoms with Gasteiger partial charge in [-0.1, -0.05) is 35.6 Å². The summed E-state index contributed by atoms with van der Waals surface area (Å²) in [4.78, 5) is 17.0. The SMILES string of the molecule is COc1ccc(NC(=O)N(O)[C@@H]2N(CCN3CCOCC3)C(=S)SC2(C)C)cc1Cl. The Morgan fingerprint density at radius 1 is 1.43 bits per heavy atom. The second-order valence-corrected chi connectivity index (χ2v) is 10.3. The maximum absolute atomic E-state index is 12.8. The molecule has 1 aromatic carbocycles. The lowest BCUT2D eigenvalue weighted by Crippen LogP contribution is -2.56. The standard InChI is InChI=1S/C19H27ClN4O4S2/c1-19(2)16(23(18(29)30-19)7-6-22-8-10-28-11-9-22)24(26)17(25)21-13-4-5-15(27-3)14(20)12-13/h4-5,12,16,26H,6-11H2,1-3H3,(H,21,25)/t16-/m0/s1. The summed E-state index contributed by atoms with van der Waals surface area (Å²) in [5.41, 5.74) is 0.454. The number of nitrogens with one attached hydrogen (secondary N) is 1. The van der Waals surface area contributed by atoms with E-state index < -0.39 is 16.9 Å². The van der Waals surface area contributed by atoms with Crippen molar-refractivity contribution in [2.24, 2.45) is 0 Å². The minimum atomic E-state index is -0.656. The summed E-state index contributed by atoms with van der Waals surface area (Å²) in [5, 5.41) is 14.6. The van der Waals surface area contributed by atoms with Crippen LogP contribution in [0.5, 0.6) is 5.75 Å². The van der Waals surface area contributed by atoms with Gasteiger partial charge in [0.05, 0.1) is 30.1 Å². The molecule has 2 aliphatic heterocycles. The van der Waals surface area contributed by atoms with E-state index in [-0.39, 0.29) is 0 Å². The van der Waals surface area contributed by atoms with Gasteiger partial charge in [0.2, 0.25) is 0 Å². The van der Waals surface area contributed by atoms with Gasteiger partial charge in [-0.25, -0.2) is 4.79 Å². The predicted molar refractivity (Wildman–Crippen MR) is 123 cm³/mol. The smallest absolute Gasteiger partial charge is 0.347 e. The number of halogens is 1. The number of morpholine rings is 1. The number of carbonyl (C=O) groups excluding carboxylic acids is 1. The lowest BCUT2D eigenvalue weighted by atomic mass is 10.1. The zero-order chi connectivity index (χ0) is 21.9. The van der Waals surface area contributed by atoms with Gasteiger partial charge in [-0.05, 0) is 32.0 Å². The number of hydrogen-bond donors (Lipinski definition) is 2. The number of hydrogen-bond acceptors (Lipinski definition) is 7. The van der Waals surface area contributed by atoms with Crippen LogP contribution < -0.4 is 10.1 Å². The van der Waals surface area contributed by atoms with Gasteiger partial charge in [-0.2, -0.15) is 5.06 Å². The van der Waals surface area contributed by atoms with Crippen LogP contribution in [0.25, 0.3) is 0 Å². The van der Waals surface area contributed by atoms with Crippen molar-refractivity contribution >= 4 is 51.6 Å². The molecule has 0 unspecified atom stereocenters. The van der Waals surface area contributed by atoms with E-state index in [1.807, 2.05) is 18.7 Å². The Morgan fingerprint density at radius 2 is 2.13 bits per heavy atom. The lowest BCUT2D eigenvalue weighted by Gasteiger charge is -2.38. The van der Waals surface area contributed by atoms with E-state index in [0.717, 1.165) is 24.7 Å². The van der Waals surface area contributed by atoms with E-state index in [9.17, 15) is 10.0 Å². The second kappa shape index (κ2) is 9.88. The number of thiocarbonyl (C=S) groups is 1. The molecule has 11 heteroatoms. The zero-order valence-corrected chi connectivity index (χ0v) is 19.6. The van der Waals surface area contributed by atoms with E-state index in [0.29, 0.717) is 40.5 Å². The predicted octanol–water partition coefficient (Wildman–Crippen LogP) is 3.34. The van der Waals surface area contributed by atoms with E-state index in [2.05, 4.69) is 10.2 Å². The van der Waals surface area contributed by atoms with Crippen LogP contribution >= 0.6 is 35.6 Å². The summed E-state index contributed by atoms with van der Waals surface area (Å²) in [5.74, 6) is 0.503. The molecule has 2 N–H and O–H groups in total. The van der Waals surface area contributed by atoms with Gasteiger partial charge in [0.1, 0.15) is 16.2 Å². The molecule has 0 bridgehead atoms. The van der Waals surface area contributed by atoms with Crippen LogP contribution in [0, 0.1) is 0 Å². The molecule has 1 atom stereocenters. The Morgan fingerprint density at radius 3 is 2.77 bits per heavy atom. The first kappa shape index (κ1) is 23.4. The monoisotopic (exact) mass is 474 g/mol. The molecule has 0 saturated carbocycles. The molecule has 0 aliphatic carbocycles. The third-order valence-corrected chi connectivity index (χ3v) is 7.03. The number of ether oxygens (including phenoxy) is 2. The summed E-state index contributed by atoms with van der Waals surface area (Å²) in [6, 6.07) is 4.22. The highest BCUT2D eigenvalue weighted by Crippen LogP contribution is 2.42. The highest BCUT2D eigenvalue weighted by Gasteiger charge is 2.49. The number of methoxy groups -OCH3 is 1. The Labute approximate surface area is 191 Å². The number of benzene rings is 1. The fourth-order valence-electron chi connectivity index (χ4n) is 3.56. The van der Waals surface area contributed by atoms with Gasteiger partial charge in [0.25, 0.3) is 0 Å². The van der Waals surface area contributed by atoms with Gasteiger partial charge in [-0.15, -0.1) is 0 Å². The molecule has 0 radical (unpaired) electrons. The third kappa shape index (κ3) is 5.30. The topological polar surface area (TPSA) is 77.5 Å². The van der Waals surface area contributed by atoms with Crippen LogP contribution in [0.15, 0.2) is 18.2 Å². The van der Waals surface area contributed by atoms with E-state index in [1.54, 1.807) is 18.2 Å². The molecule has 3 rings (SSSR count). The minimum absolute atomic E-state index is 0.366. The zero-order valence-electron chi connectivity index (χ0n) is 17.3. The van der Waals surface area contributed by atoms with Crippen LogP contribution in [0.4, 0.5) is 10.5 Å². The molecule has 2 fully saturated rings. The molecule has 1 aromatic rings. The quantitative estimate of drug-likeness (QED) is 0.369. The maximum atomic E-state index is 12.8. The number of carbonyl (C=O) groups is 1. The Kier molecular flexibility index (Phi) is 7.70. The van der Waals surface area contributed by atoms with Gasteiger partial charge in [0, 0.05) is 31.9 Å². The van der Waals surface area contributed by atoms with Crippen molar-refractivity contribution in [2.45, 2.75) is 24.8 Å². The molecule has 2 amide bonds. The lowest BCUT2D eigenvalue weighted by molar-refractivity contribution is -0.115. The normalized spacial score (nSPS) is 21.6. The van der Waals surface area contributed by atoms with Crippen LogP contribution in [-0.2, 0) is 4.74 Å². The molecule has 2 aliphatic rings. The van der Waals surface area contributed by atoms with Crippen molar-refractivity contribution in [1.29, 1.82) is 0 Å². The van der Waals surface area contributed by atoms with Crippen LogP contribution in [0.1, 0.15) is 13.8 Å². The molecular weight excluding hydrogens is 448 g/mol. The number of anilines is 1. The molecule has 0 aromatic heterocycles. The molecule has 2 heterocycles. The minimum Gasteiger partial charge on any atom is -0.495 e. The summed E-state index contributed by atoms with van der Waals surface area (Å²) in [6.45, 7) is 8.47. The van der Waals surface area contributed by atoms with Crippen molar-refractivity contribution in [3.63, 3.8) is 0 Å². The van der Waals surface area contributed by atoms with Crippen LogP contribution in [0.2, 0.25) is 5.02 Å². The van der Waals surface area contributed by atoms with Gasteiger partial charge in [0.15, 0.2) is 0 Å². The first-order valence-corrected chi connectivity index (χ1v) is 11.3. The summed E-state index contributed by atoms with van der Waals surface area (Å²) in [7, 11) is 1.52. The highest BCUT2D eigenvalue weighted by atomic mass is 35.5. The van der Waals surface area contributed by atoms with Crippen molar-refractivity contribution in [2.75, 3.05) is 51.8 Å².